The molecule has 1 heterocycles. The number of halogens is 3. The molecule has 1 aromatic heterocycles. The van der Waals surface area contributed by atoms with Crippen molar-refractivity contribution < 1.29 is 17.9 Å². The Hall–Kier alpha value is -1.97. The van der Waals surface area contributed by atoms with Crippen LogP contribution < -0.4 is 10.5 Å². The second-order valence-electron chi connectivity index (χ2n) is 2.27. The number of alkyl halides is 3. The van der Waals surface area contributed by atoms with Gasteiger partial charge in [-0.3, -0.25) is 0 Å². The van der Waals surface area contributed by atoms with Crippen molar-refractivity contribution in [2.24, 2.45) is 0 Å². The summed E-state index contributed by atoms with van der Waals surface area (Å²) in [5.41, 5.74) is 5.13. The second-order valence-corrected chi connectivity index (χ2v) is 2.27. The molecule has 0 aromatic carbocycles. The van der Waals surface area contributed by atoms with Gasteiger partial charge in [-0.25, -0.2) is 4.98 Å². The number of nitrogens with two attached hydrogens (primary N) is 1. The lowest BCUT2D eigenvalue weighted by Crippen LogP contribution is -2.18. The van der Waals surface area contributed by atoms with Gasteiger partial charge in [0.1, 0.15) is 6.07 Å². The summed E-state index contributed by atoms with van der Waals surface area (Å²) in [6.45, 7) is 0. The van der Waals surface area contributed by atoms with Gasteiger partial charge in [0, 0.05) is 6.07 Å². The van der Waals surface area contributed by atoms with Crippen LogP contribution in [0.5, 0.6) is 5.88 Å². The van der Waals surface area contributed by atoms with Crippen LogP contribution in [-0.2, 0) is 0 Å². The summed E-state index contributed by atoms with van der Waals surface area (Å²) in [5, 5.41) is 8.41. The standard InChI is InChI=1S/C7H4F3N3O/c8-7(9,10)14-6-1-5(12)4(2-11)3-13-6/h1,3H,(H2,12,13). The van der Waals surface area contributed by atoms with E-state index in [4.69, 9.17) is 11.0 Å². The predicted molar refractivity (Wildman–Crippen MR) is 40.0 cm³/mol. The van der Waals surface area contributed by atoms with Gasteiger partial charge in [0.2, 0.25) is 5.88 Å². The third-order valence-corrected chi connectivity index (χ3v) is 1.25. The number of rotatable bonds is 1. The van der Waals surface area contributed by atoms with Gasteiger partial charge >= 0.3 is 6.36 Å². The first kappa shape index (κ1) is 10.1. The molecule has 1 aromatic rings. The number of pyridine rings is 1. The van der Waals surface area contributed by atoms with Crippen molar-refractivity contribution in [1.82, 2.24) is 4.98 Å². The molecule has 7 heteroatoms. The first-order chi connectivity index (χ1) is 6.42. The maximum atomic E-state index is 11.7. The molecule has 14 heavy (non-hydrogen) atoms. The fraction of sp³-hybridized carbons (Fsp3) is 0.143. The summed E-state index contributed by atoms with van der Waals surface area (Å²) in [6, 6.07) is 2.50. The van der Waals surface area contributed by atoms with Gasteiger partial charge in [0.25, 0.3) is 0 Å². The van der Waals surface area contributed by atoms with Crippen LogP contribution in [0.15, 0.2) is 12.3 Å². The number of aromatic nitrogens is 1. The molecule has 4 nitrogen and oxygen atoms in total. The quantitative estimate of drug-likeness (QED) is 0.749. The van der Waals surface area contributed by atoms with Crippen LogP contribution >= 0.6 is 0 Å². The summed E-state index contributed by atoms with van der Waals surface area (Å²) < 4.78 is 38.5. The van der Waals surface area contributed by atoms with E-state index >= 15 is 0 Å². The van der Waals surface area contributed by atoms with Gasteiger partial charge in [0.05, 0.1) is 17.4 Å². The maximum Gasteiger partial charge on any atom is 0.574 e. The van der Waals surface area contributed by atoms with Crippen molar-refractivity contribution in [3.05, 3.63) is 17.8 Å². The molecule has 0 aliphatic rings. The van der Waals surface area contributed by atoms with Crippen molar-refractivity contribution in [2.75, 3.05) is 5.73 Å². The molecule has 0 bridgehead atoms. The van der Waals surface area contributed by atoms with E-state index in [1.54, 1.807) is 6.07 Å². The van der Waals surface area contributed by atoms with Crippen LogP contribution in [-0.4, -0.2) is 11.3 Å². The second kappa shape index (κ2) is 3.41. The molecule has 0 unspecified atom stereocenters. The fourth-order valence-corrected chi connectivity index (χ4v) is 0.719. The van der Waals surface area contributed by atoms with Crippen molar-refractivity contribution in [1.29, 1.82) is 5.26 Å². The molecule has 0 saturated heterocycles. The van der Waals surface area contributed by atoms with Gasteiger partial charge < -0.3 is 10.5 Å². The summed E-state index contributed by atoms with van der Waals surface area (Å²) in [5.74, 6) is -0.686. The Kier molecular flexibility index (Phi) is 2.47. The molecule has 0 aliphatic carbocycles. The number of nitrogen functional groups attached to an aromatic ring is 1. The molecule has 2 N–H and O–H groups in total. The van der Waals surface area contributed by atoms with Crippen LogP contribution in [0.4, 0.5) is 18.9 Å². The fourth-order valence-electron chi connectivity index (χ4n) is 0.719. The first-order valence-electron chi connectivity index (χ1n) is 3.34. The normalized spacial score (nSPS) is 10.7. The highest BCUT2D eigenvalue weighted by atomic mass is 19.4. The Morgan fingerprint density at radius 2 is 2.14 bits per heavy atom. The Labute approximate surface area is 76.7 Å². The zero-order valence-corrected chi connectivity index (χ0v) is 6.67. The first-order valence-corrected chi connectivity index (χ1v) is 3.34. The van der Waals surface area contributed by atoms with Gasteiger partial charge in [-0.05, 0) is 0 Å². The summed E-state index contributed by atoms with van der Waals surface area (Å²) >= 11 is 0. The lowest BCUT2D eigenvalue weighted by molar-refractivity contribution is -0.276. The molecule has 0 radical (unpaired) electrons. The number of anilines is 1. The third kappa shape index (κ3) is 2.52. The number of ether oxygens (including phenoxy) is 1. The average Bonchev–Trinajstić information content (AvgIpc) is 2.01. The van der Waals surface area contributed by atoms with Crippen molar-refractivity contribution in [3.8, 4) is 11.9 Å². The van der Waals surface area contributed by atoms with E-state index in [9.17, 15) is 13.2 Å². The van der Waals surface area contributed by atoms with E-state index in [1.165, 1.54) is 0 Å². The monoisotopic (exact) mass is 203 g/mol. The van der Waals surface area contributed by atoms with Crippen molar-refractivity contribution in [2.45, 2.75) is 6.36 Å². The van der Waals surface area contributed by atoms with E-state index in [0.29, 0.717) is 0 Å². The minimum absolute atomic E-state index is 0.000440. The zero-order valence-electron chi connectivity index (χ0n) is 6.67. The Morgan fingerprint density at radius 3 is 2.57 bits per heavy atom. The van der Waals surface area contributed by atoms with Gasteiger partial charge in [0.15, 0.2) is 0 Å². The molecule has 0 aliphatic heterocycles. The lowest BCUT2D eigenvalue weighted by Gasteiger charge is -2.07. The van der Waals surface area contributed by atoms with E-state index in [0.717, 1.165) is 12.3 Å². The topological polar surface area (TPSA) is 71.9 Å². The van der Waals surface area contributed by atoms with Crippen LogP contribution in [0, 0.1) is 11.3 Å². The van der Waals surface area contributed by atoms with E-state index < -0.39 is 12.2 Å². The molecular formula is C7H4F3N3O. The van der Waals surface area contributed by atoms with Crippen LogP contribution in [0.2, 0.25) is 0 Å². The van der Waals surface area contributed by atoms with Crippen molar-refractivity contribution >= 4 is 5.69 Å². The summed E-state index contributed by atoms with van der Waals surface area (Å²) in [6.07, 6.45) is -3.90. The molecule has 0 amide bonds. The van der Waals surface area contributed by atoms with Crippen LogP contribution in [0.1, 0.15) is 5.56 Å². The minimum atomic E-state index is -4.81. The van der Waals surface area contributed by atoms with E-state index in [-0.39, 0.29) is 11.3 Å². The van der Waals surface area contributed by atoms with Gasteiger partial charge in [-0.15, -0.1) is 13.2 Å². The van der Waals surface area contributed by atoms with Gasteiger partial charge in [-0.1, -0.05) is 0 Å². The number of nitriles is 1. The number of nitrogens with zero attached hydrogens (tertiary/aromatic N) is 2. The lowest BCUT2D eigenvalue weighted by atomic mass is 10.2. The maximum absolute atomic E-state index is 11.7. The predicted octanol–water partition coefficient (Wildman–Crippen LogP) is 1.43. The Morgan fingerprint density at radius 1 is 1.50 bits per heavy atom. The van der Waals surface area contributed by atoms with E-state index in [2.05, 4.69) is 9.72 Å². The Bertz CT molecular complexity index is 383. The molecule has 74 valence electrons. The van der Waals surface area contributed by atoms with Crippen LogP contribution in [0.25, 0.3) is 0 Å². The minimum Gasteiger partial charge on any atom is -0.397 e. The Balaban J connectivity index is 2.94. The van der Waals surface area contributed by atoms with Crippen LogP contribution in [0.3, 0.4) is 0 Å². The van der Waals surface area contributed by atoms with Crippen molar-refractivity contribution in [3.63, 3.8) is 0 Å². The number of hydrogen-bond donors (Lipinski definition) is 1. The molecule has 1 rings (SSSR count). The highest BCUT2D eigenvalue weighted by molar-refractivity contribution is 5.54. The SMILES string of the molecule is N#Cc1cnc(OC(F)(F)F)cc1N. The third-order valence-electron chi connectivity index (χ3n) is 1.25. The summed E-state index contributed by atoms with van der Waals surface area (Å²) in [4.78, 5) is 3.25. The molecule has 0 atom stereocenters. The van der Waals surface area contributed by atoms with Gasteiger partial charge in [-0.2, -0.15) is 5.26 Å². The largest absolute Gasteiger partial charge is 0.574 e. The highest BCUT2D eigenvalue weighted by Gasteiger charge is 2.31. The zero-order chi connectivity index (χ0) is 10.8. The van der Waals surface area contributed by atoms with E-state index in [1.807, 2.05) is 0 Å². The molecule has 0 fully saturated rings. The number of hydrogen-bond acceptors (Lipinski definition) is 4. The smallest absolute Gasteiger partial charge is 0.397 e. The summed E-state index contributed by atoms with van der Waals surface area (Å²) in [7, 11) is 0. The molecular weight excluding hydrogens is 199 g/mol. The average molecular weight is 203 g/mol. The molecule has 0 spiro atoms. The highest BCUT2D eigenvalue weighted by Crippen LogP contribution is 2.23. The molecule has 0 saturated carbocycles.